The lowest BCUT2D eigenvalue weighted by Crippen LogP contribution is -2.39. The average molecular weight is 247 g/mol. The van der Waals surface area contributed by atoms with E-state index in [4.69, 9.17) is 4.74 Å². The van der Waals surface area contributed by atoms with Gasteiger partial charge in [0.05, 0.1) is 10.4 Å². The Morgan fingerprint density at radius 1 is 1.69 bits per heavy atom. The van der Waals surface area contributed by atoms with Gasteiger partial charge in [-0.15, -0.1) is 0 Å². The fraction of sp³-hybridized carbons (Fsp3) is 0.800. The number of rotatable bonds is 3. The first kappa shape index (κ1) is 9.69. The summed E-state index contributed by atoms with van der Waals surface area (Å²) >= 11 is 3.61. The van der Waals surface area contributed by atoms with Gasteiger partial charge >= 0.3 is 0 Å². The van der Waals surface area contributed by atoms with Crippen LogP contribution in [0.4, 0.5) is 0 Å². The van der Waals surface area contributed by atoms with E-state index in [1.165, 1.54) is 0 Å². The van der Waals surface area contributed by atoms with Crippen LogP contribution in [-0.2, 0) is 4.74 Å². The molecule has 0 spiro atoms. The van der Waals surface area contributed by atoms with Gasteiger partial charge in [-0.1, -0.05) is 28.1 Å². The van der Waals surface area contributed by atoms with E-state index in [0.29, 0.717) is 0 Å². The molecule has 0 amide bonds. The summed E-state index contributed by atoms with van der Waals surface area (Å²) in [5.41, 5.74) is -0.674. The van der Waals surface area contributed by atoms with E-state index in [1.807, 2.05) is 19.1 Å². The molecule has 1 fully saturated rings. The van der Waals surface area contributed by atoms with Crippen LogP contribution in [0.15, 0.2) is 12.2 Å². The van der Waals surface area contributed by atoms with Crippen molar-refractivity contribution in [2.45, 2.75) is 42.2 Å². The third-order valence-corrected chi connectivity index (χ3v) is 4.53. The number of hydrogen-bond acceptors (Lipinski definition) is 2. The monoisotopic (exact) mass is 246 g/mol. The van der Waals surface area contributed by atoms with E-state index in [0.717, 1.165) is 25.9 Å². The van der Waals surface area contributed by atoms with Crippen molar-refractivity contribution in [1.29, 1.82) is 0 Å². The molecule has 0 aromatic heterocycles. The van der Waals surface area contributed by atoms with Crippen LogP contribution in [0.3, 0.4) is 0 Å². The highest BCUT2D eigenvalue weighted by molar-refractivity contribution is 9.10. The van der Waals surface area contributed by atoms with Gasteiger partial charge in [-0.05, 0) is 26.2 Å². The van der Waals surface area contributed by atoms with Crippen molar-refractivity contribution in [2.75, 3.05) is 6.61 Å². The van der Waals surface area contributed by atoms with Gasteiger partial charge in [0.1, 0.15) is 5.60 Å². The molecule has 0 bridgehead atoms. The quantitative estimate of drug-likeness (QED) is 0.610. The summed E-state index contributed by atoms with van der Waals surface area (Å²) in [5, 5.41) is 10.3. The first-order valence-corrected chi connectivity index (χ1v) is 5.62. The highest BCUT2D eigenvalue weighted by Gasteiger charge is 2.65. The summed E-state index contributed by atoms with van der Waals surface area (Å²) < 4.78 is 5.30. The van der Waals surface area contributed by atoms with Gasteiger partial charge in [-0.2, -0.15) is 0 Å². The molecule has 2 nitrogen and oxygen atoms in total. The van der Waals surface area contributed by atoms with Gasteiger partial charge in [0.25, 0.3) is 0 Å². The fourth-order valence-electron chi connectivity index (χ4n) is 2.07. The summed E-state index contributed by atoms with van der Waals surface area (Å²) in [6.07, 6.45) is 6.86. The minimum atomic E-state index is -0.674. The number of aliphatic hydroxyl groups is 1. The molecule has 3 atom stereocenters. The van der Waals surface area contributed by atoms with Gasteiger partial charge < -0.3 is 9.84 Å². The summed E-state index contributed by atoms with van der Waals surface area (Å²) in [4.78, 5) is 0. The van der Waals surface area contributed by atoms with Crippen LogP contribution >= 0.6 is 15.9 Å². The smallest absolute Gasteiger partial charge is 0.101 e. The maximum atomic E-state index is 10.3. The van der Waals surface area contributed by atoms with E-state index in [2.05, 4.69) is 15.9 Å². The normalized spacial score (nSPS) is 48.4. The average Bonchev–Trinajstić information content (AvgIpc) is 2.59. The fourth-order valence-corrected chi connectivity index (χ4v) is 2.83. The van der Waals surface area contributed by atoms with Crippen molar-refractivity contribution < 1.29 is 9.84 Å². The van der Waals surface area contributed by atoms with Crippen LogP contribution < -0.4 is 0 Å². The van der Waals surface area contributed by atoms with E-state index >= 15 is 0 Å². The Morgan fingerprint density at radius 3 is 3.00 bits per heavy atom. The number of alkyl halides is 1. The Morgan fingerprint density at radius 2 is 2.46 bits per heavy atom. The van der Waals surface area contributed by atoms with Crippen LogP contribution in [0.5, 0.6) is 0 Å². The van der Waals surface area contributed by atoms with Gasteiger partial charge in [0.2, 0.25) is 0 Å². The van der Waals surface area contributed by atoms with Crippen LogP contribution in [0.1, 0.15) is 26.2 Å². The lowest BCUT2D eigenvalue weighted by Gasteiger charge is -2.27. The van der Waals surface area contributed by atoms with E-state index in [-0.39, 0.29) is 10.4 Å². The Bertz CT molecular complexity index is 241. The van der Waals surface area contributed by atoms with Crippen LogP contribution in [0, 0.1) is 0 Å². The predicted molar refractivity (Wildman–Crippen MR) is 55.0 cm³/mol. The minimum absolute atomic E-state index is 0.185. The van der Waals surface area contributed by atoms with Crippen molar-refractivity contribution in [1.82, 2.24) is 0 Å². The Labute approximate surface area is 87.1 Å². The van der Waals surface area contributed by atoms with Crippen molar-refractivity contribution >= 4 is 15.9 Å². The maximum absolute atomic E-state index is 10.3. The minimum Gasteiger partial charge on any atom is -0.384 e. The number of halogens is 1. The standard InChI is InChI=1S/C10H15BrO2/c1-2-13-8-7-10(8,11)9(12)5-3-4-6-9/h3,5,8,12H,2,4,6-7H2,1H3. The van der Waals surface area contributed by atoms with Crippen LogP contribution in [0.2, 0.25) is 0 Å². The zero-order chi connectivity index (χ0) is 9.53. The molecule has 0 saturated heterocycles. The molecule has 0 aromatic rings. The maximum Gasteiger partial charge on any atom is 0.101 e. The Kier molecular flexibility index (Phi) is 2.29. The molecule has 2 rings (SSSR count). The molecule has 0 aromatic carbocycles. The van der Waals surface area contributed by atoms with Crippen molar-refractivity contribution in [2.24, 2.45) is 0 Å². The molecule has 3 heteroatoms. The lowest BCUT2D eigenvalue weighted by molar-refractivity contribution is 0.0469. The molecule has 0 radical (unpaired) electrons. The van der Waals surface area contributed by atoms with Crippen LogP contribution in [-0.4, -0.2) is 27.7 Å². The zero-order valence-corrected chi connectivity index (χ0v) is 9.38. The molecule has 0 aliphatic heterocycles. The lowest BCUT2D eigenvalue weighted by atomic mass is 9.97. The zero-order valence-electron chi connectivity index (χ0n) is 7.79. The van der Waals surface area contributed by atoms with Crippen molar-refractivity contribution in [3.63, 3.8) is 0 Å². The number of allylic oxidation sites excluding steroid dienone is 1. The molecule has 3 unspecified atom stereocenters. The molecule has 74 valence electrons. The molecule has 1 saturated carbocycles. The van der Waals surface area contributed by atoms with E-state index in [1.54, 1.807) is 0 Å². The van der Waals surface area contributed by atoms with Crippen LogP contribution in [0.25, 0.3) is 0 Å². The number of hydrogen-bond donors (Lipinski definition) is 1. The largest absolute Gasteiger partial charge is 0.384 e. The van der Waals surface area contributed by atoms with E-state index in [9.17, 15) is 5.11 Å². The second-order valence-corrected chi connectivity index (χ2v) is 5.29. The highest BCUT2D eigenvalue weighted by Crippen LogP contribution is 2.57. The first-order chi connectivity index (χ1) is 6.12. The van der Waals surface area contributed by atoms with Crippen molar-refractivity contribution in [3.05, 3.63) is 12.2 Å². The van der Waals surface area contributed by atoms with Gasteiger partial charge in [-0.3, -0.25) is 0 Å². The predicted octanol–water partition coefficient (Wildman–Crippen LogP) is 2.01. The molecule has 13 heavy (non-hydrogen) atoms. The number of ether oxygens (including phenoxy) is 1. The second kappa shape index (κ2) is 3.07. The Hall–Kier alpha value is 0.140. The SMILES string of the molecule is CCOC1CC1(Br)C1(O)C=CCC1. The molecule has 0 heterocycles. The van der Waals surface area contributed by atoms with Gasteiger partial charge in [-0.25, -0.2) is 0 Å². The molecule has 1 N–H and O–H groups in total. The summed E-state index contributed by atoms with van der Waals surface area (Å²) in [5.74, 6) is 0. The van der Waals surface area contributed by atoms with E-state index < -0.39 is 5.60 Å². The second-order valence-electron chi connectivity index (χ2n) is 3.88. The summed E-state index contributed by atoms with van der Waals surface area (Å²) in [6, 6.07) is 0. The topological polar surface area (TPSA) is 29.5 Å². The van der Waals surface area contributed by atoms with Gasteiger partial charge in [0.15, 0.2) is 0 Å². The van der Waals surface area contributed by atoms with Crippen molar-refractivity contribution in [3.8, 4) is 0 Å². The highest BCUT2D eigenvalue weighted by atomic mass is 79.9. The third-order valence-electron chi connectivity index (χ3n) is 3.01. The van der Waals surface area contributed by atoms with Gasteiger partial charge in [0, 0.05) is 6.61 Å². The first-order valence-electron chi connectivity index (χ1n) is 4.83. The Balaban J connectivity index is 2.05. The summed E-state index contributed by atoms with van der Waals surface area (Å²) in [7, 11) is 0. The third kappa shape index (κ3) is 1.37. The molecular weight excluding hydrogens is 232 g/mol. The summed E-state index contributed by atoms with van der Waals surface area (Å²) in [6.45, 7) is 2.71. The molecular formula is C10H15BrO2. The molecule has 2 aliphatic rings. The molecule has 2 aliphatic carbocycles.